The molecule has 0 amide bonds. The molecule has 130 valence electrons. The number of hydrogen-bond acceptors (Lipinski definition) is 6. The second-order valence-electron chi connectivity index (χ2n) is 6.47. The van der Waals surface area contributed by atoms with Crippen molar-refractivity contribution in [1.29, 1.82) is 0 Å². The standard InChI is InChI=1S/C19H18O5S/c1-11-2-5-17-13(6-11)8-18(25-17)19(21)22-9-14(20)12-3-4-15-16(7-12)24-10-23-15/h3-4,7-8,11H,2,5-6,9-10H2,1H3. The molecule has 2 aromatic rings. The Balaban J connectivity index is 1.39. The van der Waals surface area contributed by atoms with Crippen molar-refractivity contribution >= 4 is 23.1 Å². The topological polar surface area (TPSA) is 61.8 Å². The lowest BCUT2D eigenvalue weighted by molar-refractivity contribution is 0.0479. The van der Waals surface area contributed by atoms with Crippen LogP contribution in [-0.4, -0.2) is 25.2 Å². The van der Waals surface area contributed by atoms with Gasteiger partial charge in [0.25, 0.3) is 0 Å². The van der Waals surface area contributed by atoms with Crippen LogP contribution in [0.15, 0.2) is 24.3 Å². The molecule has 0 fully saturated rings. The summed E-state index contributed by atoms with van der Waals surface area (Å²) in [4.78, 5) is 26.4. The van der Waals surface area contributed by atoms with Gasteiger partial charge < -0.3 is 14.2 Å². The number of thiophene rings is 1. The summed E-state index contributed by atoms with van der Waals surface area (Å²) in [6.07, 6.45) is 3.18. The minimum Gasteiger partial charge on any atom is -0.454 e. The number of carbonyl (C=O) groups is 2. The molecule has 6 heteroatoms. The first kappa shape index (κ1) is 16.1. The largest absolute Gasteiger partial charge is 0.454 e. The molecule has 0 radical (unpaired) electrons. The van der Waals surface area contributed by atoms with Crippen molar-refractivity contribution in [2.45, 2.75) is 26.2 Å². The van der Waals surface area contributed by atoms with Gasteiger partial charge in [0.1, 0.15) is 4.88 Å². The fourth-order valence-electron chi connectivity index (χ4n) is 3.16. The predicted molar refractivity (Wildman–Crippen MR) is 92.7 cm³/mol. The first-order valence-corrected chi connectivity index (χ1v) is 9.13. The van der Waals surface area contributed by atoms with Crippen LogP contribution in [0.2, 0.25) is 0 Å². The van der Waals surface area contributed by atoms with Crippen molar-refractivity contribution in [3.8, 4) is 11.5 Å². The van der Waals surface area contributed by atoms with Crippen LogP contribution in [0, 0.1) is 5.92 Å². The Hall–Kier alpha value is -2.34. The third kappa shape index (κ3) is 3.26. The van der Waals surface area contributed by atoms with Gasteiger partial charge in [-0.2, -0.15) is 0 Å². The molecule has 1 aromatic carbocycles. The number of Topliss-reactive ketones (excluding diaryl/α,β-unsaturated/α-hetero) is 1. The first-order chi connectivity index (χ1) is 12.1. The molecule has 0 saturated carbocycles. The maximum atomic E-state index is 12.3. The van der Waals surface area contributed by atoms with E-state index in [9.17, 15) is 9.59 Å². The monoisotopic (exact) mass is 358 g/mol. The van der Waals surface area contributed by atoms with Crippen molar-refractivity contribution in [2.24, 2.45) is 5.92 Å². The van der Waals surface area contributed by atoms with Gasteiger partial charge in [-0.3, -0.25) is 4.79 Å². The van der Waals surface area contributed by atoms with E-state index in [2.05, 4.69) is 6.92 Å². The SMILES string of the molecule is CC1CCc2sc(C(=O)OCC(=O)c3ccc4c(c3)OCO4)cc2C1. The van der Waals surface area contributed by atoms with Crippen LogP contribution < -0.4 is 9.47 Å². The number of ether oxygens (including phenoxy) is 3. The van der Waals surface area contributed by atoms with E-state index in [1.165, 1.54) is 21.8 Å². The number of rotatable bonds is 4. The minimum atomic E-state index is -0.429. The van der Waals surface area contributed by atoms with E-state index in [0.29, 0.717) is 27.9 Å². The fourth-order valence-corrected chi connectivity index (χ4v) is 4.26. The van der Waals surface area contributed by atoms with E-state index >= 15 is 0 Å². The molecule has 0 saturated heterocycles. The van der Waals surface area contributed by atoms with Crippen molar-refractivity contribution in [3.05, 3.63) is 45.1 Å². The lowest BCUT2D eigenvalue weighted by Crippen LogP contribution is -2.13. The van der Waals surface area contributed by atoms with E-state index in [0.717, 1.165) is 19.3 Å². The highest BCUT2D eigenvalue weighted by Crippen LogP contribution is 2.33. The van der Waals surface area contributed by atoms with Crippen LogP contribution in [0.1, 0.15) is 43.8 Å². The van der Waals surface area contributed by atoms with Gasteiger partial charge in [0.15, 0.2) is 23.9 Å². The van der Waals surface area contributed by atoms with Crippen molar-refractivity contribution in [2.75, 3.05) is 13.4 Å². The average Bonchev–Trinajstić information content (AvgIpc) is 3.24. The Morgan fingerprint density at radius 2 is 2.08 bits per heavy atom. The maximum absolute atomic E-state index is 12.3. The van der Waals surface area contributed by atoms with Crippen LogP contribution in [0.4, 0.5) is 0 Å². The Labute approximate surface area is 149 Å². The number of esters is 1. The Morgan fingerprint density at radius 1 is 1.24 bits per heavy atom. The Kier molecular flexibility index (Phi) is 4.21. The third-order valence-corrected chi connectivity index (χ3v) is 5.78. The number of fused-ring (bicyclic) bond motifs is 2. The maximum Gasteiger partial charge on any atom is 0.348 e. The quantitative estimate of drug-likeness (QED) is 0.617. The molecule has 0 N–H and O–H groups in total. The van der Waals surface area contributed by atoms with Crippen LogP contribution in [0.3, 0.4) is 0 Å². The number of hydrogen-bond donors (Lipinski definition) is 0. The molecule has 2 aliphatic rings. The zero-order valence-electron chi connectivity index (χ0n) is 13.9. The summed E-state index contributed by atoms with van der Waals surface area (Å²) in [6, 6.07) is 6.87. The van der Waals surface area contributed by atoms with E-state index < -0.39 is 5.97 Å². The highest BCUT2D eigenvalue weighted by atomic mass is 32.1. The summed E-state index contributed by atoms with van der Waals surface area (Å²) in [6.45, 7) is 2.10. The number of benzene rings is 1. The molecule has 1 aliphatic carbocycles. The Morgan fingerprint density at radius 3 is 2.96 bits per heavy atom. The van der Waals surface area contributed by atoms with E-state index in [-0.39, 0.29) is 19.2 Å². The van der Waals surface area contributed by atoms with Crippen LogP contribution in [0.25, 0.3) is 0 Å². The molecule has 1 aromatic heterocycles. The zero-order chi connectivity index (χ0) is 17.4. The normalized spacial score (nSPS) is 17.9. The zero-order valence-corrected chi connectivity index (χ0v) is 14.7. The molecule has 5 nitrogen and oxygen atoms in total. The second kappa shape index (κ2) is 6.52. The fraction of sp³-hybridized carbons (Fsp3) is 0.368. The van der Waals surface area contributed by atoms with E-state index in [1.54, 1.807) is 18.2 Å². The molecular formula is C19H18O5S. The summed E-state index contributed by atoms with van der Waals surface area (Å²) in [5.74, 6) is 1.12. The van der Waals surface area contributed by atoms with Crippen LogP contribution in [-0.2, 0) is 17.6 Å². The second-order valence-corrected chi connectivity index (χ2v) is 7.61. The summed E-state index contributed by atoms with van der Waals surface area (Å²) >= 11 is 1.49. The van der Waals surface area contributed by atoms with Crippen molar-refractivity contribution in [1.82, 2.24) is 0 Å². The van der Waals surface area contributed by atoms with Gasteiger partial charge in [-0.25, -0.2) is 4.79 Å². The number of aryl methyl sites for hydroxylation is 1. The Bertz CT molecular complexity index is 838. The van der Waals surface area contributed by atoms with Gasteiger partial charge in [0.05, 0.1) is 0 Å². The van der Waals surface area contributed by atoms with Crippen LogP contribution >= 0.6 is 11.3 Å². The van der Waals surface area contributed by atoms with Gasteiger partial charge in [-0.1, -0.05) is 6.92 Å². The molecular weight excluding hydrogens is 340 g/mol. The van der Waals surface area contributed by atoms with E-state index in [4.69, 9.17) is 14.2 Å². The summed E-state index contributed by atoms with van der Waals surface area (Å²) in [7, 11) is 0. The predicted octanol–water partition coefficient (Wildman–Crippen LogP) is 3.64. The number of ketones is 1. The van der Waals surface area contributed by atoms with Gasteiger partial charge in [0.2, 0.25) is 6.79 Å². The molecule has 0 spiro atoms. The molecule has 1 unspecified atom stereocenters. The highest BCUT2D eigenvalue weighted by Gasteiger charge is 2.22. The molecule has 4 rings (SSSR count). The minimum absolute atomic E-state index is 0.156. The lowest BCUT2D eigenvalue weighted by atomic mass is 9.90. The smallest absolute Gasteiger partial charge is 0.348 e. The van der Waals surface area contributed by atoms with E-state index in [1.807, 2.05) is 6.07 Å². The first-order valence-electron chi connectivity index (χ1n) is 8.31. The van der Waals surface area contributed by atoms with Crippen LogP contribution in [0.5, 0.6) is 11.5 Å². The van der Waals surface area contributed by atoms with Crippen molar-refractivity contribution < 1.29 is 23.8 Å². The number of carbonyl (C=O) groups excluding carboxylic acids is 2. The third-order valence-electron chi connectivity index (χ3n) is 4.56. The van der Waals surface area contributed by atoms with Gasteiger partial charge in [0, 0.05) is 10.4 Å². The molecule has 1 aliphatic heterocycles. The van der Waals surface area contributed by atoms with Gasteiger partial charge in [-0.15, -0.1) is 11.3 Å². The summed E-state index contributed by atoms with van der Waals surface area (Å²) in [5.41, 5.74) is 1.69. The average molecular weight is 358 g/mol. The molecule has 2 heterocycles. The highest BCUT2D eigenvalue weighted by molar-refractivity contribution is 7.14. The molecule has 25 heavy (non-hydrogen) atoms. The van der Waals surface area contributed by atoms with Gasteiger partial charge in [-0.05, 0) is 55.0 Å². The summed E-state index contributed by atoms with van der Waals surface area (Å²) < 4.78 is 15.7. The summed E-state index contributed by atoms with van der Waals surface area (Å²) in [5, 5.41) is 0. The molecule has 1 atom stereocenters. The molecule has 0 bridgehead atoms. The van der Waals surface area contributed by atoms with Crippen molar-refractivity contribution in [3.63, 3.8) is 0 Å². The lowest BCUT2D eigenvalue weighted by Gasteiger charge is -2.16. The van der Waals surface area contributed by atoms with Gasteiger partial charge >= 0.3 is 5.97 Å².